The molecule has 27 heavy (non-hydrogen) atoms. The molecule has 0 saturated heterocycles. The summed E-state index contributed by atoms with van der Waals surface area (Å²) in [5, 5.41) is 3.62. The summed E-state index contributed by atoms with van der Waals surface area (Å²) < 4.78 is 14.1. The van der Waals surface area contributed by atoms with Gasteiger partial charge in [-0.15, -0.1) is 11.3 Å². The van der Waals surface area contributed by atoms with Gasteiger partial charge in [0.2, 0.25) is 0 Å². The fraction of sp³-hybridized carbons (Fsp3) is 0.0476. The van der Waals surface area contributed by atoms with Gasteiger partial charge in [-0.2, -0.15) is 0 Å². The van der Waals surface area contributed by atoms with Crippen LogP contribution in [-0.2, 0) is 0 Å². The summed E-state index contributed by atoms with van der Waals surface area (Å²) in [6, 6.07) is 17.3. The molecule has 1 N–H and O–H groups in total. The van der Waals surface area contributed by atoms with Gasteiger partial charge in [0, 0.05) is 15.3 Å². The van der Waals surface area contributed by atoms with Crippen LogP contribution in [0.5, 0.6) is 0 Å². The normalized spacial score (nSPS) is 10.9. The molecule has 134 valence electrons. The van der Waals surface area contributed by atoms with E-state index in [1.54, 1.807) is 17.4 Å². The number of nitrogens with zero attached hydrogens (tertiary/aromatic N) is 1. The molecule has 6 heteroatoms. The monoisotopic (exact) mass is 396 g/mol. The van der Waals surface area contributed by atoms with Crippen LogP contribution in [0.2, 0.25) is 5.02 Å². The fourth-order valence-electron chi connectivity index (χ4n) is 2.84. The van der Waals surface area contributed by atoms with Gasteiger partial charge in [0.25, 0.3) is 5.91 Å². The Morgan fingerprint density at radius 1 is 1.11 bits per heavy atom. The fourth-order valence-corrected chi connectivity index (χ4v) is 3.83. The minimum Gasteiger partial charge on any atom is -0.319 e. The number of pyridine rings is 1. The van der Waals surface area contributed by atoms with Crippen molar-refractivity contribution in [2.75, 3.05) is 5.32 Å². The molecule has 3 nitrogen and oxygen atoms in total. The van der Waals surface area contributed by atoms with E-state index in [0.717, 1.165) is 9.75 Å². The van der Waals surface area contributed by atoms with E-state index in [0.29, 0.717) is 22.2 Å². The third-order valence-electron chi connectivity index (χ3n) is 4.13. The highest BCUT2D eigenvalue weighted by molar-refractivity contribution is 7.15. The number of thiophene rings is 1. The molecule has 0 saturated carbocycles. The van der Waals surface area contributed by atoms with Gasteiger partial charge in [-0.05, 0) is 49.4 Å². The molecule has 4 rings (SSSR count). The van der Waals surface area contributed by atoms with Gasteiger partial charge in [-0.1, -0.05) is 29.8 Å². The Balaban J connectivity index is 1.80. The van der Waals surface area contributed by atoms with E-state index < -0.39 is 11.7 Å². The van der Waals surface area contributed by atoms with Crippen molar-refractivity contribution < 1.29 is 9.18 Å². The van der Waals surface area contributed by atoms with Crippen LogP contribution in [0.3, 0.4) is 0 Å². The van der Waals surface area contributed by atoms with Crippen molar-refractivity contribution >= 4 is 45.4 Å². The second-order valence-corrected chi connectivity index (χ2v) is 7.79. The summed E-state index contributed by atoms with van der Waals surface area (Å²) in [6.45, 7) is 2.02. The van der Waals surface area contributed by atoms with E-state index in [9.17, 15) is 9.18 Å². The molecule has 2 aromatic carbocycles. The highest BCUT2D eigenvalue weighted by atomic mass is 35.5. The Bertz CT molecular complexity index is 1170. The lowest BCUT2D eigenvalue weighted by Gasteiger charge is -2.10. The maximum atomic E-state index is 14.1. The first-order chi connectivity index (χ1) is 13.0. The average molecular weight is 397 g/mol. The van der Waals surface area contributed by atoms with Crippen molar-refractivity contribution in [2.45, 2.75) is 6.92 Å². The van der Waals surface area contributed by atoms with Crippen molar-refractivity contribution in [3.8, 4) is 10.6 Å². The largest absolute Gasteiger partial charge is 0.319 e. The summed E-state index contributed by atoms with van der Waals surface area (Å²) in [5.41, 5.74) is 1.95. The molecule has 4 aromatic rings. The molecule has 2 heterocycles. The Morgan fingerprint density at radius 2 is 1.93 bits per heavy atom. The summed E-state index contributed by atoms with van der Waals surface area (Å²) in [6.07, 6.45) is 0. The number of hydrogen-bond donors (Lipinski definition) is 1. The zero-order valence-electron chi connectivity index (χ0n) is 14.3. The number of rotatable bonds is 3. The van der Waals surface area contributed by atoms with Crippen LogP contribution in [0.15, 0.2) is 60.7 Å². The van der Waals surface area contributed by atoms with Crippen LogP contribution < -0.4 is 5.32 Å². The zero-order chi connectivity index (χ0) is 19.0. The predicted octanol–water partition coefficient (Wildman–Crippen LogP) is 6.32. The number of carbonyl (C=O) groups is 1. The number of anilines is 1. The van der Waals surface area contributed by atoms with E-state index in [-0.39, 0.29) is 10.7 Å². The average Bonchev–Trinajstić information content (AvgIpc) is 3.09. The van der Waals surface area contributed by atoms with Gasteiger partial charge in [0.15, 0.2) is 0 Å². The second kappa shape index (κ2) is 7.10. The van der Waals surface area contributed by atoms with Gasteiger partial charge < -0.3 is 5.32 Å². The molecule has 0 atom stereocenters. The quantitative estimate of drug-likeness (QED) is 0.440. The lowest BCUT2D eigenvalue weighted by molar-refractivity contribution is 0.102. The molecule has 0 bridgehead atoms. The third-order valence-corrected chi connectivity index (χ3v) is 5.39. The van der Waals surface area contributed by atoms with E-state index in [2.05, 4.69) is 10.3 Å². The Labute approximate surface area is 164 Å². The number of nitrogens with one attached hydrogen (secondary N) is 1. The first kappa shape index (κ1) is 17.6. The molecule has 2 aromatic heterocycles. The van der Waals surface area contributed by atoms with Crippen LogP contribution >= 0.6 is 22.9 Å². The van der Waals surface area contributed by atoms with E-state index in [1.807, 2.05) is 43.3 Å². The topological polar surface area (TPSA) is 42.0 Å². The zero-order valence-corrected chi connectivity index (χ0v) is 15.9. The van der Waals surface area contributed by atoms with E-state index >= 15 is 0 Å². The molecular weight excluding hydrogens is 383 g/mol. The van der Waals surface area contributed by atoms with Gasteiger partial charge in [-0.25, -0.2) is 9.37 Å². The maximum absolute atomic E-state index is 14.1. The molecule has 1 amide bonds. The Hall–Kier alpha value is -2.76. The number of halogens is 2. The van der Waals surface area contributed by atoms with E-state index in [4.69, 9.17) is 11.6 Å². The Morgan fingerprint density at radius 3 is 2.67 bits per heavy atom. The molecule has 0 aliphatic carbocycles. The molecule has 0 aliphatic rings. The third kappa shape index (κ3) is 3.56. The number of aromatic nitrogens is 1. The number of benzene rings is 2. The van der Waals surface area contributed by atoms with Crippen molar-refractivity contribution in [1.82, 2.24) is 4.98 Å². The summed E-state index contributed by atoms with van der Waals surface area (Å²) in [5.74, 6) is -0.979. The molecule has 0 fully saturated rings. The first-order valence-electron chi connectivity index (χ1n) is 8.24. The summed E-state index contributed by atoms with van der Waals surface area (Å²) in [7, 11) is 0. The number of amides is 1. The SMILES string of the molecule is Cc1ccc(-c2cc(C(=O)Nc3ccc(Cl)cc3F)c3ccccc3n2)s1. The van der Waals surface area contributed by atoms with Crippen LogP contribution in [0.25, 0.3) is 21.5 Å². The highest BCUT2D eigenvalue weighted by Gasteiger charge is 2.16. The highest BCUT2D eigenvalue weighted by Crippen LogP contribution is 2.30. The van der Waals surface area contributed by atoms with Crippen LogP contribution in [0.1, 0.15) is 15.2 Å². The number of aryl methyl sites for hydroxylation is 1. The molecule has 0 aliphatic heterocycles. The predicted molar refractivity (Wildman–Crippen MR) is 109 cm³/mol. The standard InChI is InChI=1S/C21H14ClFN2OS/c1-12-6-9-20(27-12)19-11-15(14-4-2-3-5-17(14)24-19)21(26)25-18-8-7-13(22)10-16(18)23/h2-11H,1H3,(H,25,26). The minimum atomic E-state index is -0.580. The van der Waals surface area contributed by atoms with Gasteiger partial charge >= 0.3 is 0 Å². The van der Waals surface area contributed by atoms with Gasteiger partial charge in [0.05, 0.1) is 27.3 Å². The number of carbonyl (C=O) groups excluding carboxylic acids is 1. The van der Waals surface area contributed by atoms with Crippen molar-refractivity contribution in [1.29, 1.82) is 0 Å². The van der Waals surface area contributed by atoms with Crippen molar-refractivity contribution in [3.05, 3.63) is 81.9 Å². The minimum absolute atomic E-state index is 0.0822. The van der Waals surface area contributed by atoms with Crippen molar-refractivity contribution in [2.24, 2.45) is 0 Å². The number of hydrogen-bond acceptors (Lipinski definition) is 3. The molecule has 0 radical (unpaired) electrons. The number of para-hydroxylation sites is 1. The first-order valence-corrected chi connectivity index (χ1v) is 9.44. The van der Waals surface area contributed by atoms with Crippen molar-refractivity contribution in [3.63, 3.8) is 0 Å². The van der Waals surface area contributed by atoms with E-state index in [1.165, 1.54) is 18.2 Å². The smallest absolute Gasteiger partial charge is 0.256 e. The maximum Gasteiger partial charge on any atom is 0.256 e. The van der Waals surface area contributed by atoms with Crippen LogP contribution in [0, 0.1) is 12.7 Å². The molecular formula is C21H14ClFN2OS. The van der Waals surface area contributed by atoms with Gasteiger partial charge in [-0.3, -0.25) is 4.79 Å². The lowest BCUT2D eigenvalue weighted by atomic mass is 10.1. The lowest BCUT2D eigenvalue weighted by Crippen LogP contribution is -2.14. The van der Waals surface area contributed by atoms with Crippen LogP contribution in [0.4, 0.5) is 10.1 Å². The molecule has 0 spiro atoms. The number of fused-ring (bicyclic) bond motifs is 1. The Kier molecular flexibility index (Phi) is 4.64. The summed E-state index contributed by atoms with van der Waals surface area (Å²) >= 11 is 7.39. The molecule has 0 unspecified atom stereocenters. The van der Waals surface area contributed by atoms with Gasteiger partial charge in [0.1, 0.15) is 5.82 Å². The second-order valence-electron chi connectivity index (χ2n) is 6.06. The summed E-state index contributed by atoms with van der Waals surface area (Å²) in [4.78, 5) is 19.7. The van der Waals surface area contributed by atoms with Crippen LogP contribution in [-0.4, -0.2) is 10.9 Å².